The van der Waals surface area contributed by atoms with Gasteiger partial charge in [-0.15, -0.1) is 0 Å². The lowest BCUT2D eigenvalue weighted by molar-refractivity contribution is 0.0704. The van der Waals surface area contributed by atoms with Gasteiger partial charge in [-0.1, -0.05) is 30.7 Å². The lowest BCUT2D eigenvalue weighted by Crippen LogP contribution is -2.43. The fourth-order valence-electron chi connectivity index (χ4n) is 5.30. The van der Waals surface area contributed by atoms with Gasteiger partial charge in [-0.05, 0) is 48.9 Å². The molecule has 8 heteroatoms. The third kappa shape index (κ3) is 3.42. The molecule has 6 rings (SSSR count). The standard InChI is InChI=1S/C25H25N7O/c1-15-7-8-21(32-28-9-10-29-32)17(11-15)25(33)31-14-18-16(2)24(18)22(31)12-27-23-13-26-19-5-3-4-6-20(19)30-23/h3-11,13,16,18,22,24H,12,14H2,1-2H3,(H,27,30)/t16-,18?,22?,24?/m1/s1. The summed E-state index contributed by atoms with van der Waals surface area (Å²) in [4.78, 5) is 26.5. The zero-order valence-electron chi connectivity index (χ0n) is 18.6. The van der Waals surface area contributed by atoms with E-state index in [1.165, 1.54) is 4.80 Å². The molecule has 2 fully saturated rings. The number of amides is 1. The Bertz CT molecular complexity index is 1340. The number of carbonyl (C=O) groups is 1. The quantitative estimate of drug-likeness (QED) is 0.513. The van der Waals surface area contributed by atoms with Crippen LogP contribution in [0.15, 0.2) is 61.1 Å². The van der Waals surface area contributed by atoms with Gasteiger partial charge in [-0.2, -0.15) is 15.0 Å². The van der Waals surface area contributed by atoms with E-state index >= 15 is 0 Å². The molecular weight excluding hydrogens is 414 g/mol. The fourth-order valence-corrected chi connectivity index (χ4v) is 5.30. The van der Waals surface area contributed by atoms with Gasteiger partial charge < -0.3 is 10.2 Å². The highest BCUT2D eigenvalue weighted by Gasteiger charge is 2.59. The van der Waals surface area contributed by atoms with Crippen LogP contribution < -0.4 is 5.32 Å². The largest absolute Gasteiger partial charge is 0.367 e. The molecule has 33 heavy (non-hydrogen) atoms. The van der Waals surface area contributed by atoms with Crippen molar-refractivity contribution in [3.05, 3.63) is 72.2 Å². The number of aryl methyl sites for hydroxylation is 1. The van der Waals surface area contributed by atoms with Crippen molar-refractivity contribution in [2.24, 2.45) is 17.8 Å². The van der Waals surface area contributed by atoms with E-state index in [-0.39, 0.29) is 11.9 Å². The van der Waals surface area contributed by atoms with E-state index in [4.69, 9.17) is 0 Å². The van der Waals surface area contributed by atoms with Crippen LogP contribution in [0.3, 0.4) is 0 Å². The van der Waals surface area contributed by atoms with Crippen LogP contribution in [0, 0.1) is 24.7 Å². The third-order valence-corrected chi connectivity index (χ3v) is 7.11. The normalized spacial score (nSPS) is 23.5. The minimum atomic E-state index is 0.0294. The third-order valence-electron chi connectivity index (χ3n) is 7.11. The Hall–Kier alpha value is -3.81. The van der Waals surface area contributed by atoms with Crippen molar-refractivity contribution in [1.82, 2.24) is 29.9 Å². The Morgan fingerprint density at radius 2 is 1.91 bits per heavy atom. The Kier molecular flexibility index (Phi) is 4.60. The second kappa shape index (κ2) is 7.65. The number of rotatable bonds is 5. The first-order valence-corrected chi connectivity index (χ1v) is 11.3. The number of hydrogen-bond acceptors (Lipinski definition) is 6. The number of aromatic nitrogens is 5. The molecule has 3 heterocycles. The van der Waals surface area contributed by atoms with Crippen LogP contribution in [-0.2, 0) is 0 Å². The van der Waals surface area contributed by atoms with Gasteiger partial charge in [-0.25, -0.2) is 4.98 Å². The van der Waals surface area contributed by atoms with Gasteiger partial charge in [0.2, 0.25) is 0 Å². The predicted molar refractivity (Wildman–Crippen MR) is 125 cm³/mol. The van der Waals surface area contributed by atoms with Gasteiger partial charge in [0.25, 0.3) is 5.91 Å². The van der Waals surface area contributed by atoms with Crippen molar-refractivity contribution in [1.29, 1.82) is 0 Å². The van der Waals surface area contributed by atoms with Gasteiger partial charge in [0.1, 0.15) is 5.82 Å². The summed E-state index contributed by atoms with van der Waals surface area (Å²) < 4.78 is 0. The Labute approximate surface area is 191 Å². The van der Waals surface area contributed by atoms with Crippen molar-refractivity contribution >= 4 is 22.8 Å². The lowest BCUT2D eigenvalue weighted by atomic mass is 10.1. The van der Waals surface area contributed by atoms with Crippen LogP contribution in [0.5, 0.6) is 0 Å². The maximum absolute atomic E-state index is 13.8. The molecule has 1 saturated heterocycles. The number of para-hydroxylation sites is 2. The molecule has 1 N–H and O–H groups in total. The second-order valence-electron chi connectivity index (χ2n) is 9.09. The molecule has 1 amide bonds. The summed E-state index contributed by atoms with van der Waals surface area (Å²) in [6, 6.07) is 13.8. The van der Waals surface area contributed by atoms with E-state index in [1.807, 2.05) is 54.3 Å². The number of hydrogen-bond donors (Lipinski definition) is 1. The summed E-state index contributed by atoms with van der Waals surface area (Å²) in [5.74, 6) is 2.45. The molecule has 0 radical (unpaired) electrons. The van der Waals surface area contributed by atoms with Crippen molar-refractivity contribution in [3.8, 4) is 5.69 Å². The van der Waals surface area contributed by atoms with Crippen LogP contribution in [0.25, 0.3) is 16.7 Å². The van der Waals surface area contributed by atoms with Gasteiger partial charge in [0.15, 0.2) is 0 Å². The van der Waals surface area contributed by atoms with Crippen LogP contribution in [0.4, 0.5) is 5.82 Å². The highest BCUT2D eigenvalue weighted by atomic mass is 16.2. The average molecular weight is 440 g/mol. The van der Waals surface area contributed by atoms with Crippen LogP contribution in [0.2, 0.25) is 0 Å². The maximum atomic E-state index is 13.8. The molecule has 1 saturated carbocycles. The summed E-state index contributed by atoms with van der Waals surface area (Å²) in [7, 11) is 0. The SMILES string of the molecule is Cc1ccc(-n2nccn2)c(C(=O)N2CC3C(C2CNc2cnc4ccccc4n2)[C@@H]3C)c1. The van der Waals surface area contributed by atoms with Gasteiger partial charge in [0.05, 0.1) is 46.9 Å². The lowest BCUT2D eigenvalue weighted by Gasteiger charge is -2.29. The van der Waals surface area contributed by atoms with Crippen molar-refractivity contribution < 1.29 is 4.79 Å². The highest BCUT2D eigenvalue weighted by molar-refractivity contribution is 5.98. The zero-order chi connectivity index (χ0) is 22.5. The number of likely N-dealkylation sites (tertiary alicyclic amines) is 1. The average Bonchev–Trinajstić information content (AvgIpc) is 3.21. The van der Waals surface area contributed by atoms with Gasteiger partial charge in [0, 0.05) is 13.1 Å². The Balaban J connectivity index is 1.27. The number of anilines is 1. The summed E-state index contributed by atoms with van der Waals surface area (Å²) >= 11 is 0. The smallest absolute Gasteiger partial charge is 0.256 e. The first-order chi connectivity index (χ1) is 16.1. The van der Waals surface area contributed by atoms with Crippen molar-refractivity contribution in [2.45, 2.75) is 19.9 Å². The number of fused-ring (bicyclic) bond motifs is 2. The monoisotopic (exact) mass is 439 g/mol. The van der Waals surface area contributed by atoms with Crippen molar-refractivity contribution in [3.63, 3.8) is 0 Å². The van der Waals surface area contributed by atoms with Crippen molar-refractivity contribution in [2.75, 3.05) is 18.4 Å². The number of nitrogens with zero attached hydrogens (tertiary/aromatic N) is 6. The van der Waals surface area contributed by atoms with E-state index in [0.717, 1.165) is 29.0 Å². The number of piperidine rings is 1. The molecule has 1 aliphatic heterocycles. The van der Waals surface area contributed by atoms with Crippen LogP contribution >= 0.6 is 0 Å². The molecule has 2 aromatic carbocycles. The predicted octanol–water partition coefficient (Wildman–Crippen LogP) is 3.34. The second-order valence-corrected chi connectivity index (χ2v) is 9.09. The number of benzene rings is 2. The minimum Gasteiger partial charge on any atom is -0.367 e. The molecule has 1 aliphatic carbocycles. The molecule has 166 valence electrons. The van der Waals surface area contributed by atoms with E-state index in [9.17, 15) is 4.79 Å². The molecule has 2 aliphatic rings. The highest BCUT2D eigenvalue weighted by Crippen LogP contribution is 2.55. The van der Waals surface area contributed by atoms with E-state index in [2.05, 4.69) is 32.4 Å². The summed E-state index contributed by atoms with van der Waals surface area (Å²) in [5.41, 5.74) is 4.10. The van der Waals surface area contributed by atoms with Gasteiger partial charge in [-0.3, -0.25) is 9.78 Å². The Morgan fingerprint density at radius 1 is 1.12 bits per heavy atom. The zero-order valence-corrected chi connectivity index (χ0v) is 18.6. The van der Waals surface area contributed by atoms with E-state index in [1.54, 1.807) is 18.6 Å². The van der Waals surface area contributed by atoms with E-state index < -0.39 is 0 Å². The summed E-state index contributed by atoms with van der Waals surface area (Å²) in [5, 5.41) is 11.9. The summed E-state index contributed by atoms with van der Waals surface area (Å²) in [6.45, 7) is 5.70. The fraction of sp³-hybridized carbons (Fsp3) is 0.320. The molecule has 2 aromatic heterocycles. The van der Waals surface area contributed by atoms with Crippen LogP contribution in [0.1, 0.15) is 22.8 Å². The molecule has 4 aromatic rings. The van der Waals surface area contributed by atoms with Gasteiger partial charge >= 0.3 is 0 Å². The minimum absolute atomic E-state index is 0.0294. The van der Waals surface area contributed by atoms with Crippen LogP contribution in [-0.4, -0.2) is 54.9 Å². The van der Waals surface area contributed by atoms with E-state index in [0.29, 0.717) is 35.5 Å². The molecular formula is C25H25N7O. The first-order valence-electron chi connectivity index (χ1n) is 11.3. The number of nitrogens with one attached hydrogen (secondary N) is 1. The molecule has 0 spiro atoms. The topological polar surface area (TPSA) is 88.8 Å². The molecule has 8 nitrogen and oxygen atoms in total. The molecule has 0 bridgehead atoms. The Morgan fingerprint density at radius 3 is 2.73 bits per heavy atom. The molecule has 4 atom stereocenters. The first kappa shape index (κ1) is 19.8. The summed E-state index contributed by atoms with van der Waals surface area (Å²) in [6.07, 6.45) is 5.01. The number of carbonyl (C=O) groups excluding carboxylic acids is 1. The maximum Gasteiger partial charge on any atom is 0.256 e. The molecule has 3 unspecified atom stereocenters.